The maximum atomic E-state index is 13.7. The molecular formula is C18H22FNO. The SMILES string of the molecule is COc1ccc(C(C)Nc2ccc(C(C)C)cc2)cc1F. The van der Waals surface area contributed by atoms with E-state index >= 15 is 0 Å². The number of halogens is 1. The van der Waals surface area contributed by atoms with Gasteiger partial charge in [-0.1, -0.05) is 32.0 Å². The first-order valence-corrected chi connectivity index (χ1v) is 7.21. The Morgan fingerprint density at radius 3 is 2.10 bits per heavy atom. The van der Waals surface area contributed by atoms with Gasteiger partial charge in [0.15, 0.2) is 11.6 Å². The summed E-state index contributed by atoms with van der Waals surface area (Å²) in [6, 6.07) is 13.4. The summed E-state index contributed by atoms with van der Waals surface area (Å²) in [5.41, 5.74) is 3.23. The van der Waals surface area contributed by atoms with Gasteiger partial charge < -0.3 is 10.1 Å². The van der Waals surface area contributed by atoms with Gasteiger partial charge in [0.2, 0.25) is 0 Å². The molecular weight excluding hydrogens is 265 g/mol. The van der Waals surface area contributed by atoms with Crippen molar-refractivity contribution in [2.24, 2.45) is 0 Å². The molecule has 0 heterocycles. The quantitative estimate of drug-likeness (QED) is 0.823. The summed E-state index contributed by atoms with van der Waals surface area (Å²) in [5.74, 6) is 0.457. The molecule has 0 aliphatic rings. The molecule has 0 spiro atoms. The Kier molecular flexibility index (Phi) is 4.84. The Labute approximate surface area is 126 Å². The second-order valence-electron chi connectivity index (χ2n) is 5.54. The molecule has 0 bridgehead atoms. The third-order valence-electron chi connectivity index (χ3n) is 3.64. The summed E-state index contributed by atoms with van der Waals surface area (Å²) in [6.45, 7) is 6.36. The van der Waals surface area contributed by atoms with Crippen molar-refractivity contribution in [3.63, 3.8) is 0 Å². The number of methoxy groups -OCH3 is 1. The van der Waals surface area contributed by atoms with Gasteiger partial charge in [-0.05, 0) is 48.2 Å². The van der Waals surface area contributed by atoms with Crippen LogP contribution in [0.5, 0.6) is 5.75 Å². The highest BCUT2D eigenvalue weighted by atomic mass is 19.1. The van der Waals surface area contributed by atoms with Crippen molar-refractivity contribution >= 4 is 5.69 Å². The minimum atomic E-state index is -0.334. The average Bonchev–Trinajstić information content (AvgIpc) is 2.47. The van der Waals surface area contributed by atoms with Gasteiger partial charge in [0, 0.05) is 11.7 Å². The molecule has 3 heteroatoms. The smallest absolute Gasteiger partial charge is 0.165 e. The van der Waals surface area contributed by atoms with Crippen LogP contribution >= 0.6 is 0 Å². The summed E-state index contributed by atoms with van der Waals surface area (Å²) in [4.78, 5) is 0. The molecule has 112 valence electrons. The lowest BCUT2D eigenvalue weighted by atomic mass is 10.0. The van der Waals surface area contributed by atoms with Crippen LogP contribution in [0.15, 0.2) is 42.5 Å². The Bertz CT molecular complexity index is 593. The Morgan fingerprint density at radius 2 is 1.57 bits per heavy atom. The second-order valence-corrected chi connectivity index (χ2v) is 5.54. The highest BCUT2D eigenvalue weighted by Gasteiger charge is 2.09. The average molecular weight is 287 g/mol. The third kappa shape index (κ3) is 3.75. The van der Waals surface area contributed by atoms with Crippen molar-refractivity contribution in [3.8, 4) is 5.75 Å². The van der Waals surface area contributed by atoms with E-state index in [9.17, 15) is 4.39 Å². The maximum Gasteiger partial charge on any atom is 0.165 e. The van der Waals surface area contributed by atoms with Crippen molar-refractivity contribution in [1.29, 1.82) is 0 Å². The molecule has 2 aromatic rings. The van der Waals surface area contributed by atoms with E-state index in [1.165, 1.54) is 18.7 Å². The van der Waals surface area contributed by atoms with E-state index in [-0.39, 0.29) is 17.6 Å². The monoisotopic (exact) mass is 287 g/mol. The maximum absolute atomic E-state index is 13.7. The fourth-order valence-electron chi connectivity index (χ4n) is 2.25. The molecule has 2 nitrogen and oxygen atoms in total. The van der Waals surface area contributed by atoms with Crippen LogP contribution in [0.25, 0.3) is 0 Å². The van der Waals surface area contributed by atoms with Crippen LogP contribution in [-0.2, 0) is 0 Å². The van der Waals surface area contributed by atoms with Crippen LogP contribution in [0.4, 0.5) is 10.1 Å². The van der Waals surface area contributed by atoms with E-state index in [1.807, 2.05) is 13.0 Å². The Morgan fingerprint density at radius 1 is 0.952 bits per heavy atom. The summed E-state index contributed by atoms with van der Waals surface area (Å²) < 4.78 is 18.7. The number of nitrogens with one attached hydrogen (secondary N) is 1. The first-order valence-electron chi connectivity index (χ1n) is 7.21. The molecule has 0 aliphatic carbocycles. The molecule has 1 N–H and O–H groups in total. The molecule has 2 rings (SSSR count). The first kappa shape index (κ1) is 15.4. The lowest BCUT2D eigenvalue weighted by Gasteiger charge is -2.17. The number of ether oxygens (including phenoxy) is 1. The normalized spacial score (nSPS) is 12.3. The number of rotatable bonds is 5. The molecule has 0 aromatic heterocycles. The summed E-state index contributed by atoms with van der Waals surface area (Å²) >= 11 is 0. The van der Waals surface area contributed by atoms with Crippen molar-refractivity contribution in [2.45, 2.75) is 32.7 Å². The van der Waals surface area contributed by atoms with Crippen LogP contribution < -0.4 is 10.1 Å². The van der Waals surface area contributed by atoms with Crippen LogP contribution in [0, 0.1) is 5.82 Å². The molecule has 0 aliphatic heterocycles. The molecule has 2 aromatic carbocycles. The molecule has 1 unspecified atom stereocenters. The van der Waals surface area contributed by atoms with E-state index < -0.39 is 0 Å². The molecule has 1 atom stereocenters. The van der Waals surface area contributed by atoms with Gasteiger partial charge in [0.25, 0.3) is 0 Å². The Balaban J connectivity index is 2.10. The van der Waals surface area contributed by atoms with E-state index in [2.05, 4.69) is 43.4 Å². The first-order chi connectivity index (χ1) is 10.0. The fourth-order valence-corrected chi connectivity index (χ4v) is 2.25. The largest absolute Gasteiger partial charge is 0.494 e. The number of hydrogen-bond donors (Lipinski definition) is 1. The third-order valence-corrected chi connectivity index (χ3v) is 3.64. The second kappa shape index (κ2) is 6.61. The molecule has 0 radical (unpaired) electrons. The number of hydrogen-bond acceptors (Lipinski definition) is 2. The van der Waals surface area contributed by atoms with Crippen molar-refractivity contribution < 1.29 is 9.13 Å². The fraction of sp³-hybridized carbons (Fsp3) is 0.333. The summed E-state index contributed by atoms with van der Waals surface area (Å²) in [6.07, 6.45) is 0. The van der Waals surface area contributed by atoms with E-state index in [0.717, 1.165) is 11.3 Å². The highest BCUT2D eigenvalue weighted by Crippen LogP contribution is 2.25. The molecule has 0 saturated carbocycles. The van der Waals surface area contributed by atoms with Crippen molar-refractivity contribution in [1.82, 2.24) is 0 Å². The van der Waals surface area contributed by atoms with Crippen LogP contribution in [0.1, 0.15) is 43.9 Å². The van der Waals surface area contributed by atoms with Gasteiger partial charge in [-0.25, -0.2) is 4.39 Å². The predicted octanol–water partition coefficient (Wildman–Crippen LogP) is 5.13. The van der Waals surface area contributed by atoms with E-state index in [4.69, 9.17) is 4.74 Å². The molecule has 0 fully saturated rings. The topological polar surface area (TPSA) is 21.3 Å². The lowest BCUT2D eigenvalue weighted by molar-refractivity contribution is 0.386. The zero-order chi connectivity index (χ0) is 15.4. The van der Waals surface area contributed by atoms with Crippen LogP contribution in [0.3, 0.4) is 0 Å². The van der Waals surface area contributed by atoms with Gasteiger partial charge in [0.05, 0.1) is 7.11 Å². The zero-order valence-electron chi connectivity index (χ0n) is 13.0. The Hall–Kier alpha value is -2.03. The van der Waals surface area contributed by atoms with Gasteiger partial charge >= 0.3 is 0 Å². The van der Waals surface area contributed by atoms with Gasteiger partial charge in [-0.2, -0.15) is 0 Å². The standard InChI is InChI=1S/C18H22FNO/c1-12(2)14-5-8-16(9-6-14)20-13(3)15-7-10-18(21-4)17(19)11-15/h5-13,20H,1-4H3. The summed E-state index contributed by atoms with van der Waals surface area (Å²) in [7, 11) is 1.47. The lowest BCUT2D eigenvalue weighted by Crippen LogP contribution is -2.07. The zero-order valence-corrected chi connectivity index (χ0v) is 13.0. The van der Waals surface area contributed by atoms with E-state index in [0.29, 0.717) is 5.92 Å². The van der Waals surface area contributed by atoms with Crippen LogP contribution in [0.2, 0.25) is 0 Å². The van der Waals surface area contributed by atoms with E-state index in [1.54, 1.807) is 6.07 Å². The number of anilines is 1. The minimum Gasteiger partial charge on any atom is -0.494 e. The molecule has 0 saturated heterocycles. The molecule has 21 heavy (non-hydrogen) atoms. The van der Waals surface area contributed by atoms with Crippen LogP contribution in [-0.4, -0.2) is 7.11 Å². The van der Waals surface area contributed by atoms with Gasteiger partial charge in [-0.3, -0.25) is 0 Å². The minimum absolute atomic E-state index is 0.0234. The highest BCUT2D eigenvalue weighted by molar-refractivity contribution is 5.47. The molecule has 0 amide bonds. The van der Waals surface area contributed by atoms with Gasteiger partial charge in [-0.15, -0.1) is 0 Å². The number of benzene rings is 2. The van der Waals surface area contributed by atoms with Crippen molar-refractivity contribution in [3.05, 3.63) is 59.4 Å². The predicted molar refractivity (Wildman–Crippen MR) is 85.5 cm³/mol. The summed E-state index contributed by atoms with van der Waals surface area (Å²) in [5, 5.41) is 3.38. The van der Waals surface area contributed by atoms with Crippen molar-refractivity contribution in [2.75, 3.05) is 12.4 Å². The van der Waals surface area contributed by atoms with Gasteiger partial charge in [0.1, 0.15) is 0 Å².